The second-order valence-electron chi connectivity index (χ2n) is 8.71. The first kappa shape index (κ1) is 19.5. The number of hydrogen-bond donors (Lipinski definition) is 2. The Morgan fingerprint density at radius 3 is 1.83 bits per heavy atom. The van der Waals surface area contributed by atoms with E-state index in [1.165, 1.54) is 17.0 Å². The van der Waals surface area contributed by atoms with Gasteiger partial charge in [-0.05, 0) is 17.7 Å². The lowest BCUT2D eigenvalue weighted by Gasteiger charge is -2.13. The van der Waals surface area contributed by atoms with Crippen molar-refractivity contribution in [1.29, 1.82) is 0 Å². The molecule has 6 aromatic rings. The van der Waals surface area contributed by atoms with Crippen molar-refractivity contribution in [1.82, 2.24) is 14.9 Å². The number of amides is 2. The Morgan fingerprint density at radius 2 is 1.29 bits per heavy atom. The van der Waals surface area contributed by atoms with Crippen molar-refractivity contribution in [2.24, 2.45) is 0 Å². The third-order valence-electron chi connectivity index (χ3n) is 6.79. The molecule has 0 atom stereocenters. The summed E-state index contributed by atoms with van der Waals surface area (Å²) in [6.07, 6.45) is 0. The number of aromatic nitrogens is 2. The molecule has 2 aromatic heterocycles. The zero-order valence-electron chi connectivity index (χ0n) is 18.2. The Bertz CT molecular complexity index is 1800. The zero-order chi connectivity index (χ0) is 23.8. The first-order valence-corrected chi connectivity index (χ1v) is 11.1. The SMILES string of the molecule is O=C1c2c(c3c4ccccc4[nH]c3c3[nH]c4ccccc4c23)C(=O)N1Cc1cccc([N+](=O)[O-])c1. The van der Waals surface area contributed by atoms with E-state index in [4.69, 9.17) is 0 Å². The molecule has 8 heteroatoms. The van der Waals surface area contributed by atoms with E-state index in [0.717, 1.165) is 32.8 Å². The van der Waals surface area contributed by atoms with E-state index in [0.29, 0.717) is 27.5 Å². The number of non-ortho nitro benzene ring substituents is 1. The predicted octanol–water partition coefficient (Wildman–Crippen LogP) is 5.66. The minimum absolute atomic E-state index is 0.0538. The van der Waals surface area contributed by atoms with Crippen LogP contribution in [0.2, 0.25) is 0 Å². The van der Waals surface area contributed by atoms with Crippen LogP contribution in [0.3, 0.4) is 0 Å². The number of para-hydroxylation sites is 2. The number of carbonyl (C=O) groups excluding carboxylic acids is 2. The maximum atomic E-state index is 13.8. The lowest BCUT2D eigenvalue weighted by Crippen LogP contribution is -2.29. The lowest BCUT2D eigenvalue weighted by molar-refractivity contribution is -0.384. The summed E-state index contributed by atoms with van der Waals surface area (Å²) >= 11 is 0. The number of rotatable bonds is 3. The van der Waals surface area contributed by atoms with Crippen LogP contribution in [0.15, 0.2) is 72.8 Å². The standard InChI is InChI=1S/C27H16N4O4/c32-26-22-20-16-8-1-3-10-18(16)28-24(20)25-21(17-9-2-4-11-19(17)29-25)23(22)27(33)30(26)13-14-6-5-7-15(12-14)31(34)35/h1-12,28-29H,13H2. The maximum absolute atomic E-state index is 13.8. The topological polar surface area (TPSA) is 112 Å². The van der Waals surface area contributed by atoms with Crippen molar-refractivity contribution >= 4 is 61.1 Å². The summed E-state index contributed by atoms with van der Waals surface area (Å²) in [5.74, 6) is -0.808. The number of nitro benzene ring substituents is 1. The lowest BCUT2D eigenvalue weighted by atomic mass is 9.97. The average molecular weight is 460 g/mol. The molecule has 0 spiro atoms. The summed E-state index contributed by atoms with van der Waals surface area (Å²) in [5, 5.41) is 14.4. The van der Waals surface area contributed by atoms with Gasteiger partial charge in [0.05, 0.1) is 33.6 Å². The van der Waals surface area contributed by atoms with Gasteiger partial charge in [-0.25, -0.2) is 0 Å². The van der Waals surface area contributed by atoms with Crippen molar-refractivity contribution in [3.63, 3.8) is 0 Å². The first-order valence-electron chi connectivity index (χ1n) is 11.1. The molecule has 2 amide bonds. The monoisotopic (exact) mass is 460 g/mol. The van der Waals surface area contributed by atoms with Crippen LogP contribution in [0.1, 0.15) is 26.3 Å². The molecular formula is C27H16N4O4. The third-order valence-corrected chi connectivity index (χ3v) is 6.79. The minimum atomic E-state index is -0.489. The highest BCUT2D eigenvalue weighted by molar-refractivity contribution is 6.39. The fraction of sp³-hybridized carbons (Fsp3) is 0.0370. The number of imide groups is 1. The van der Waals surface area contributed by atoms with Gasteiger partial charge in [-0.2, -0.15) is 0 Å². The van der Waals surface area contributed by atoms with Gasteiger partial charge < -0.3 is 9.97 Å². The van der Waals surface area contributed by atoms with Gasteiger partial charge >= 0.3 is 0 Å². The van der Waals surface area contributed by atoms with E-state index >= 15 is 0 Å². The summed E-state index contributed by atoms with van der Waals surface area (Å²) < 4.78 is 0. The summed E-state index contributed by atoms with van der Waals surface area (Å²) in [6.45, 7) is -0.0538. The Hall–Kier alpha value is -4.98. The fourth-order valence-electron chi connectivity index (χ4n) is 5.31. The largest absolute Gasteiger partial charge is 0.353 e. The average Bonchev–Trinajstić information content (AvgIpc) is 3.51. The molecule has 2 N–H and O–H groups in total. The number of nitrogens with one attached hydrogen (secondary N) is 2. The van der Waals surface area contributed by atoms with Gasteiger partial charge in [0, 0.05) is 44.7 Å². The van der Waals surface area contributed by atoms with E-state index in [-0.39, 0.29) is 12.2 Å². The Labute approximate surface area is 196 Å². The number of H-pyrrole nitrogens is 2. The van der Waals surface area contributed by atoms with Crippen LogP contribution in [-0.4, -0.2) is 31.6 Å². The van der Waals surface area contributed by atoms with Crippen LogP contribution in [0.25, 0.3) is 43.6 Å². The molecule has 3 heterocycles. The Kier molecular flexibility index (Phi) is 3.77. The van der Waals surface area contributed by atoms with Gasteiger partial charge in [0.1, 0.15) is 0 Å². The highest BCUT2D eigenvalue weighted by Gasteiger charge is 2.41. The van der Waals surface area contributed by atoms with Gasteiger partial charge in [0.15, 0.2) is 0 Å². The van der Waals surface area contributed by atoms with Crippen LogP contribution in [0.5, 0.6) is 0 Å². The predicted molar refractivity (Wildman–Crippen MR) is 132 cm³/mol. The zero-order valence-corrected chi connectivity index (χ0v) is 18.2. The second kappa shape index (κ2) is 6.77. The summed E-state index contributed by atoms with van der Waals surface area (Å²) in [5.41, 5.74) is 4.44. The first-order chi connectivity index (χ1) is 17.0. The van der Waals surface area contributed by atoms with Crippen molar-refractivity contribution in [2.75, 3.05) is 0 Å². The third kappa shape index (κ3) is 2.56. The van der Waals surface area contributed by atoms with Crippen molar-refractivity contribution < 1.29 is 14.5 Å². The maximum Gasteiger partial charge on any atom is 0.269 e. The molecule has 35 heavy (non-hydrogen) atoms. The molecule has 0 unspecified atom stereocenters. The van der Waals surface area contributed by atoms with E-state index in [1.54, 1.807) is 12.1 Å². The van der Waals surface area contributed by atoms with Gasteiger partial charge in [-0.1, -0.05) is 48.5 Å². The van der Waals surface area contributed by atoms with E-state index in [2.05, 4.69) is 9.97 Å². The molecule has 1 aliphatic heterocycles. The number of fused-ring (bicyclic) bond motifs is 10. The molecule has 168 valence electrons. The van der Waals surface area contributed by atoms with Gasteiger partial charge in [-0.15, -0.1) is 0 Å². The molecule has 1 aliphatic rings. The fourth-order valence-corrected chi connectivity index (χ4v) is 5.31. The molecule has 4 aromatic carbocycles. The molecule has 0 fully saturated rings. The Morgan fingerprint density at radius 1 is 0.743 bits per heavy atom. The van der Waals surface area contributed by atoms with Gasteiger partial charge in [0.25, 0.3) is 17.5 Å². The number of nitrogens with zero attached hydrogens (tertiary/aromatic N) is 2. The van der Waals surface area contributed by atoms with Crippen LogP contribution in [0.4, 0.5) is 5.69 Å². The van der Waals surface area contributed by atoms with Crippen molar-refractivity contribution in [2.45, 2.75) is 6.54 Å². The number of hydrogen-bond acceptors (Lipinski definition) is 4. The number of benzene rings is 4. The van der Waals surface area contributed by atoms with E-state index in [9.17, 15) is 19.7 Å². The smallest absolute Gasteiger partial charge is 0.269 e. The number of aromatic amines is 2. The highest BCUT2D eigenvalue weighted by Crippen LogP contribution is 2.43. The summed E-state index contributed by atoms with van der Waals surface area (Å²) in [6, 6.07) is 21.4. The quantitative estimate of drug-likeness (QED) is 0.202. The minimum Gasteiger partial charge on any atom is -0.353 e. The van der Waals surface area contributed by atoms with Gasteiger partial charge in [0.2, 0.25) is 0 Å². The molecule has 8 nitrogen and oxygen atoms in total. The molecule has 0 aliphatic carbocycles. The summed E-state index contributed by atoms with van der Waals surface area (Å²) in [7, 11) is 0. The second-order valence-corrected chi connectivity index (χ2v) is 8.71. The molecule has 0 bridgehead atoms. The molecule has 0 saturated carbocycles. The van der Waals surface area contributed by atoms with E-state index in [1.807, 2.05) is 48.5 Å². The van der Waals surface area contributed by atoms with Crippen LogP contribution >= 0.6 is 0 Å². The van der Waals surface area contributed by atoms with Crippen molar-refractivity contribution in [3.8, 4) is 0 Å². The van der Waals surface area contributed by atoms with Crippen LogP contribution < -0.4 is 0 Å². The molecule has 0 radical (unpaired) electrons. The molecule has 0 saturated heterocycles. The van der Waals surface area contributed by atoms with E-state index < -0.39 is 16.7 Å². The highest BCUT2D eigenvalue weighted by atomic mass is 16.6. The number of nitro groups is 1. The van der Waals surface area contributed by atoms with Crippen LogP contribution in [0, 0.1) is 10.1 Å². The molecule has 7 rings (SSSR count). The summed E-state index contributed by atoms with van der Waals surface area (Å²) in [4.78, 5) is 46.5. The van der Waals surface area contributed by atoms with Crippen LogP contribution in [-0.2, 0) is 6.54 Å². The normalized spacial score (nSPS) is 13.5. The van der Waals surface area contributed by atoms with Crippen molar-refractivity contribution in [3.05, 3.63) is 99.6 Å². The van der Waals surface area contributed by atoms with Gasteiger partial charge in [-0.3, -0.25) is 24.6 Å². The Balaban J connectivity index is 1.54. The molecular weight excluding hydrogens is 444 g/mol. The number of carbonyl (C=O) groups is 2.